The lowest BCUT2D eigenvalue weighted by molar-refractivity contribution is -0.148. The summed E-state index contributed by atoms with van der Waals surface area (Å²) in [5.74, 6) is 0.685. The zero-order valence-corrected chi connectivity index (χ0v) is 16.9. The minimum atomic E-state index is -0.574. The molecule has 2 saturated heterocycles. The number of benzene rings is 1. The molecule has 2 aromatic rings. The highest BCUT2D eigenvalue weighted by Crippen LogP contribution is 2.28. The molecule has 2 aliphatic heterocycles. The number of pyridine rings is 1. The Morgan fingerprint density at radius 2 is 1.77 bits per heavy atom. The van der Waals surface area contributed by atoms with Gasteiger partial charge < -0.3 is 14.7 Å². The predicted octanol–water partition coefficient (Wildman–Crippen LogP) is 2.36. The smallest absolute Gasteiger partial charge is 0.250 e. The van der Waals surface area contributed by atoms with Gasteiger partial charge in [-0.15, -0.1) is 0 Å². The number of aromatic nitrogens is 1. The maximum Gasteiger partial charge on any atom is 0.250 e. The van der Waals surface area contributed by atoms with Crippen molar-refractivity contribution in [3.8, 4) is 6.07 Å². The first kappa shape index (κ1) is 19.9. The van der Waals surface area contributed by atoms with Gasteiger partial charge in [-0.05, 0) is 30.5 Å². The standard InChI is InChI=1S/C23H25N5O2/c24-17-19-9-6-11-25-22(19)26-13-15-27(16-14-26)23(30)21(18-7-2-1-3-8-18)28-12-5-4-10-20(28)29/h1-3,6-9,11,21H,4-5,10,12-16H2. The zero-order valence-electron chi connectivity index (χ0n) is 16.9. The van der Waals surface area contributed by atoms with Gasteiger partial charge in [0.2, 0.25) is 11.8 Å². The molecule has 1 unspecified atom stereocenters. The number of amides is 2. The van der Waals surface area contributed by atoms with Crippen LogP contribution in [0, 0.1) is 11.3 Å². The summed E-state index contributed by atoms with van der Waals surface area (Å²) >= 11 is 0. The first-order chi connectivity index (χ1) is 14.7. The third kappa shape index (κ3) is 3.99. The van der Waals surface area contributed by atoms with Crippen LogP contribution in [0.4, 0.5) is 5.82 Å². The van der Waals surface area contributed by atoms with Gasteiger partial charge in [-0.1, -0.05) is 30.3 Å². The molecule has 2 amide bonds. The third-order valence-corrected chi connectivity index (χ3v) is 5.82. The van der Waals surface area contributed by atoms with Crippen LogP contribution in [-0.2, 0) is 9.59 Å². The molecule has 3 heterocycles. The number of hydrogen-bond acceptors (Lipinski definition) is 5. The summed E-state index contributed by atoms with van der Waals surface area (Å²) in [6.07, 6.45) is 3.99. The quantitative estimate of drug-likeness (QED) is 0.783. The maximum atomic E-state index is 13.6. The maximum absolute atomic E-state index is 13.6. The highest BCUT2D eigenvalue weighted by Gasteiger charge is 2.36. The van der Waals surface area contributed by atoms with E-state index in [2.05, 4.69) is 11.1 Å². The highest BCUT2D eigenvalue weighted by molar-refractivity contribution is 5.89. The fraction of sp³-hybridized carbons (Fsp3) is 0.391. The summed E-state index contributed by atoms with van der Waals surface area (Å²) in [5, 5.41) is 9.34. The van der Waals surface area contributed by atoms with Crippen molar-refractivity contribution in [2.75, 3.05) is 37.6 Å². The van der Waals surface area contributed by atoms with Crippen LogP contribution in [0.2, 0.25) is 0 Å². The number of piperazine rings is 1. The Kier molecular flexibility index (Phi) is 5.94. The summed E-state index contributed by atoms with van der Waals surface area (Å²) in [5.41, 5.74) is 1.40. The Morgan fingerprint density at radius 1 is 1.00 bits per heavy atom. The minimum Gasteiger partial charge on any atom is -0.352 e. The Labute approximate surface area is 176 Å². The second-order valence-electron chi connectivity index (χ2n) is 7.66. The first-order valence-electron chi connectivity index (χ1n) is 10.4. The van der Waals surface area contributed by atoms with Crippen LogP contribution in [0.1, 0.15) is 36.4 Å². The Balaban J connectivity index is 1.52. The van der Waals surface area contributed by atoms with Crippen LogP contribution in [0.5, 0.6) is 0 Å². The van der Waals surface area contributed by atoms with Crippen LogP contribution in [0.25, 0.3) is 0 Å². The van der Waals surface area contributed by atoms with Gasteiger partial charge in [-0.25, -0.2) is 4.98 Å². The van der Waals surface area contributed by atoms with Gasteiger partial charge >= 0.3 is 0 Å². The van der Waals surface area contributed by atoms with Crippen molar-refractivity contribution in [2.24, 2.45) is 0 Å². The van der Waals surface area contributed by atoms with E-state index in [1.807, 2.05) is 40.1 Å². The minimum absolute atomic E-state index is 0.0300. The van der Waals surface area contributed by atoms with E-state index in [1.54, 1.807) is 23.2 Å². The molecular formula is C23H25N5O2. The lowest BCUT2D eigenvalue weighted by atomic mass is 9.99. The number of likely N-dealkylation sites (tertiary alicyclic amines) is 1. The molecule has 2 aliphatic rings. The Hall–Kier alpha value is -3.40. The van der Waals surface area contributed by atoms with Gasteiger partial charge in [0.1, 0.15) is 17.9 Å². The van der Waals surface area contributed by atoms with Crippen molar-refractivity contribution in [1.29, 1.82) is 5.26 Å². The molecule has 1 aromatic carbocycles. The second-order valence-corrected chi connectivity index (χ2v) is 7.66. The molecule has 7 nitrogen and oxygen atoms in total. The highest BCUT2D eigenvalue weighted by atomic mass is 16.2. The van der Waals surface area contributed by atoms with E-state index in [9.17, 15) is 14.9 Å². The summed E-state index contributed by atoms with van der Waals surface area (Å²) < 4.78 is 0. The number of rotatable bonds is 4. The molecule has 1 aromatic heterocycles. The van der Waals surface area contributed by atoms with Gasteiger partial charge in [0, 0.05) is 45.3 Å². The average molecular weight is 403 g/mol. The van der Waals surface area contributed by atoms with Gasteiger partial charge in [0.25, 0.3) is 0 Å². The molecule has 0 aliphatic carbocycles. The van der Waals surface area contributed by atoms with Gasteiger partial charge in [-0.2, -0.15) is 5.26 Å². The number of anilines is 1. The van der Waals surface area contributed by atoms with E-state index >= 15 is 0 Å². The topological polar surface area (TPSA) is 80.5 Å². The molecule has 4 rings (SSSR count). The van der Waals surface area contributed by atoms with E-state index in [0.29, 0.717) is 50.5 Å². The largest absolute Gasteiger partial charge is 0.352 e. The molecule has 7 heteroatoms. The molecule has 30 heavy (non-hydrogen) atoms. The third-order valence-electron chi connectivity index (χ3n) is 5.82. The number of carbonyl (C=O) groups is 2. The predicted molar refractivity (Wildman–Crippen MR) is 112 cm³/mol. The fourth-order valence-electron chi connectivity index (χ4n) is 4.24. The molecule has 1 atom stereocenters. The van der Waals surface area contributed by atoms with Gasteiger partial charge in [0.05, 0.1) is 5.56 Å². The molecule has 0 N–H and O–H groups in total. The van der Waals surface area contributed by atoms with Gasteiger partial charge in [0.15, 0.2) is 0 Å². The molecular weight excluding hydrogens is 378 g/mol. The van der Waals surface area contributed by atoms with Crippen molar-refractivity contribution in [1.82, 2.24) is 14.8 Å². The van der Waals surface area contributed by atoms with Gasteiger partial charge in [-0.3, -0.25) is 9.59 Å². The summed E-state index contributed by atoms with van der Waals surface area (Å²) in [6.45, 7) is 2.89. The van der Waals surface area contributed by atoms with Crippen molar-refractivity contribution >= 4 is 17.6 Å². The van der Waals surface area contributed by atoms with Crippen molar-refractivity contribution in [3.05, 3.63) is 59.8 Å². The number of hydrogen-bond donors (Lipinski definition) is 0. The first-order valence-corrected chi connectivity index (χ1v) is 10.4. The molecule has 0 bridgehead atoms. The summed E-state index contributed by atoms with van der Waals surface area (Å²) in [7, 11) is 0. The van der Waals surface area contributed by atoms with E-state index < -0.39 is 6.04 Å². The van der Waals surface area contributed by atoms with E-state index in [-0.39, 0.29) is 11.8 Å². The van der Waals surface area contributed by atoms with Crippen molar-refractivity contribution in [3.63, 3.8) is 0 Å². The van der Waals surface area contributed by atoms with Crippen LogP contribution in [0.3, 0.4) is 0 Å². The monoisotopic (exact) mass is 403 g/mol. The average Bonchev–Trinajstić information content (AvgIpc) is 2.81. The number of piperidine rings is 1. The van der Waals surface area contributed by atoms with E-state index in [1.165, 1.54) is 0 Å². The van der Waals surface area contributed by atoms with Crippen LogP contribution in [0.15, 0.2) is 48.7 Å². The second kappa shape index (κ2) is 8.95. The molecule has 0 saturated carbocycles. The van der Waals surface area contributed by atoms with Crippen molar-refractivity contribution < 1.29 is 9.59 Å². The van der Waals surface area contributed by atoms with E-state index in [4.69, 9.17) is 0 Å². The van der Waals surface area contributed by atoms with Crippen LogP contribution >= 0.6 is 0 Å². The SMILES string of the molecule is N#Cc1cccnc1N1CCN(C(=O)C(c2ccccc2)N2CCCCC2=O)CC1. The molecule has 0 radical (unpaired) electrons. The summed E-state index contributed by atoms with van der Waals surface area (Å²) in [6, 6.07) is 14.7. The fourth-order valence-corrected chi connectivity index (χ4v) is 4.24. The van der Waals surface area contributed by atoms with Crippen molar-refractivity contribution in [2.45, 2.75) is 25.3 Å². The van der Waals surface area contributed by atoms with Crippen LogP contribution < -0.4 is 4.90 Å². The zero-order chi connectivity index (χ0) is 20.9. The number of nitriles is 1. The number of carbonyl (C=O) groups excluding carboxylic acids is 2. The lowest BCUT2D eigenvalue weighted by Gasteiger charge is -2.40. The van der Waals surface area contributed by atoms with Crippen LogP contribution in [-0.4, -0.2) is 59.3 Å². The Morgan fingerprint density at radius 3 is 2.47 bits per heavy atom. The Bertz CT molecular complexity index is 948. The van der Waals surface area contributed by atoms with E-state index in [0.717, 1.165) is 18.4 Å². The molecule has 2 fully saturated rings. The number of nitrogens with zero attached hydrogens (tertiary/aromatic N) is 5. The molecule has 154 valence electrons. The molecule has 0 spiro atoms. The summed E-state index contributed by atoms with van der Waals surface area (Å²) in [4.78, 5) is 36.2. The normalized spacial score (nSPS) is 18.1. The lowest BCUT2D eigenvalue weighted by Crippen LogP contribution is -2.53.